The van der Waals surface area contributed by atoms with E-state index >= 15 is 0 Å². The number of nitrogens with zero attached hydrogens (tertiary/aromatic N) is 1. The van der Waals surface area contributed by atoms with Crippen LogP contribution in [0.1, 0.15) is 16.7 Å². The van der Waals surface area contributed by atoms with Crippen LogP contribution in [0, 0.1) is 0 Å². The Morgan fingerprint density at radius 3 is 2.50 bits per heavy atom. The zero-order chi connectivity index (χ0) is 16.6. The standard InChI is InChI=1S/C21H21NO2/c1-23-20-7-4-5-17(15-20)9-10-19-6-2-3-8-21(19)24-16-18-11-13-22-14-12-18/h2-8,11-15H,9-10,16H2,1H3. The highest BCUT2D eigenvalue weighted by molar-refractivity contribution is 5.35. The van der Waals surface area contributed by atoms with E-state index in [0.717, 1.165) is 29.9 Å². The summed E-state index contributed by atoms with van der Waals surface area (Å²) in [5, 5.41) is 0. The third-order valence-electron chi connectivity index (χ3n) is 3.93. The van der Waals surface area contributed by atoms with Gasteiger partial charge in [0.2, 0.25) is 0 Å². The molecule has 1 aromatic heterocycles. The molecule has 122 valence electrons. The molecule has 0 fully saturated rings. The topological polar surface area (TPSA) is 31.4 Å². The lowest BCUT2D eigenvalue weighted by atomic mass is 10.0. The van der Waals surface area contributed by atoms with Crippen molar-refractivity contribution in [3.8, 4) is 11.5 Å². The Morgan fingerprint density at radius 2 is 1.67 bits per heavy atom. The molecule has 0 radical (unpaired) electrons. The highest BCUT2D eigenvalue weighted by Crippen LogP contribution is 2.22. The normalized spacial score (nSPS) is 10.4. The summed E-state index contributed by atoms with van der Waals surface area (Å²) in [7, 11) is 1.70. The Hall–Kier alpha value is -2.81. The third-order valence-corrected chi connectivity index (χ3v) is 3.93. The molecule has 1 heterocycles. The molecule has 0 N–H and O–H groups in total. The van der Waals surface area contributed by atoms with Gasteiger partial charge in [-0.1, -0.05) is 30.3 Å². The molecule has 24 heavy (non-hydrogen) atoms. The number of hydrogen-bond acceptors (Lipinski definition) is 3. The van der Waals surface area contributed by atoms with Crippen molar-refractivity contribution in [2.45, 2.75) is 19.4 Å². The van der Waals surface area contributed by atoms with E-state index in [0.29, 0.717) is 6.61 Å². The van der Waals surface area contributed by atoms with E-state index in [-0.39, 0.29) is 0 Å². The number of hydrogen-bond donors (Lipinski definition) is 0. The van der Waals surface area contributed by atoms with Crippen molar-refractivity contribution in [2.24, 2.45) is 0 Å². The van der Waals surface area contributed by atoms with Gasteiger partial charge in [-0.2, -0.15) is 0 Å². The Morgan fingerprint density at radius 1 is 0.833 bits per heavy atom. The summed E-state index contributed by atoms with van der Waals surface area (Å²) in [6.07, 6.45) is 5.45. The van der Waals surface area contributed by atoms with Gasteiger partial charge < -0.3 is 9.47 Å². The second-order valence-electron chi connectivity index (χ2n) is 5.60. The van der Waals surface area contributed by atoms with Gasteiger partial charge in [-0.25, -0.2) is 0 Å². The molecule has 2 aromatic carbocycles. The Labute approximate surface area is 142 Å². The molecule has 0 saturated carbocycles. The molecule has 3 heteroatoms. The highest BCUT2D eigenvalue weighted by atomic mass is 16.5. The Balaban J connectivity index is 1.65. The highest BCUT2D eigenvalue weighted by Gasteiger charge is 2.05. The number of ether oxygens (including phenoxy) is 2. The van der Waals surface area contributed by atoms with Gasteiger partial charge in [-0.05, 0) is 59.9 Å². The van der Waals surface area contributed by atoms with Gasteiger partial charge in [0.05, 0.1) is 7.11 Å². The van der Waals surface area contributed by atoms with Crippen LogP contribution < -0.4 is 9.47 Å². The summed E-state index contributed by atoms with van der Waals surface area (Å²) in [5.74, 6) is 1.84. The van der Waals surface area contributed by atoms with Gasteiger partial charge >= 0.3 is 0 Å². The number of para-hydroxylation sites is 1. The van der Waals surface area contributed by atoms with Crippen LogP contribution in [0.3, 0.4) is 0 Å². The molecule has 0 aliphatic carbocycles. The number of benzene rings is 2. The van der Waals surface area contributed by atoms with Crippen molar-refractivity contribution in [3.63, 3.8) is 0 Å². The Kier molecular flexibility index (Phi) is 5.46. The molecule has 0 amide bonds. The molecule has 0 saturated heterocycles. The van der Waals surface area contributed by atoms with Crippen molar-refractivity contribution < 1.29 is 9.47 Å². The van der Waals surface area contributed by atoms with Gasteiger partial charge in [0.1, 0.15) is 18.1 Å². The summed E-state index contributed by atoms with van der Waals surface area (Å²) in [5.41, 5.74) is 3.60. The van der Waals surface area contributed by atoms with E-state index in [9.17, 15) is 0 Å². The first-order chi connectivity index (χ1) is 11.8. The van der Waals surface area contributed by atoms with Crippen LogP contribution >= 0.6 is 0 Å². The maximum atomic E-state index is 6.00. The van der Waals surface area contributed by atoms with Crippen LogP contribution in [0.5, 0.6) is 11.5 Å². The van der Waals surface area contributed by atoms with Crippen LogP contribution in [0.15, 0.2) is 73.1 Å². The number of pyridine rings is 1. The average Bonchev–Trinajstić information content (AvgIpc) is 2.66. The SMILES string of the molecule is COc1cccc(CCc2ccccc2OCc2ccncc2)c1. The van der Waals surface area contributed by atoms with E-state index in [1.165, 1.54) is 11.1 Å². The molecule has 0 spiro atoms. The minimum atomic E-state index is 0.554. The van der Waals surface area contributed by atoms with Crippen LogP contribution in [-0.4, -0.2) is 12.1 Å². The van der Waals surface area contributed by atoms with Gasteiger partial charge in [-0.3, -0.25) is 4.98 Å². The quantitative estimate of drug-likeness (QED) is 0.644. The molecule has 3 aromatic rings. The third kappa shape index (κ3) is 4.35. The first kappa shape index (κ1) is 16.1. The van der Waals surface area contributed by atoms with E-state index < -0.39 is 0 Å². The van der Waals surface area contributed by atoms with Crippen LogP contribution in [0.25, 0.3) is 0 Å². The Bertz CT molecular complexity index is 772. The number of methoxy groups -OCH3 is 1. The minimum Gasteiger partial charge on any atom is -0.497 e. The molecule has 0 bridgehead atoms. The van der Waals surface area contributed by atoms with Crippen molar-refractivity contribution in [1.82, 2.24) is 4.98 Å². The summed E-state index contributed by atoms with van der Waals surface area (Å²) >= 11 is 0. The monoisotopic (exact) mass is 319 g/mol. The van der Waals surface area contributed by atoms with Crippen LogP contribution in [0.2, 0.25) is 0 Å². The fraction of sp³-hybridized carbons (Fsp3) is 0.190. The van der Waals surface area contributed by atoms with E-state index in [2.05, 4.69) is 29.2 Å². The molecule has 3 rings (SSSR count). The second kappa shape index (κ2) is 8.16. The molecule has 0 aliphatic heterocycles. The van der Waals surface area contributed by atoms with Crippen molar-refractivity contribution in [3.05, 3.63) is 89.7 Å². The first-order valence-electron chi connectivity index (χ1n) is 8.07. The van der Waals surface area contributed by atoms with Crippen LogP contribution in [0.4, 0.5) is 0 Å². The zero-order valence-electron chi connectivity index (χ0n) is 13.8. The maximum Gasteiger partial charge on any atom is 0.123 e. The average molecular weight is 319 g/mol. The van der Waals surface area contributed by atoms with Crippen molar-refractivity contribution in [1.29, 1.82) is 0 Å². The fourth-order valence-electron chi connectivity index (χ4n) is 2.60. The summed E-state index contributed by atoms with van der Waals surface area (Å²) < 4.78 is 11.3. The molecule has 0 atom stereocenters. The first-order valence-corrected chi connectivity index (χ1v) is 8.07. The smallest absolute Gasteiger partial charge is 0.123 e. The number of aromatic nitrogens is 1. The maximum absolute atomic E-state index is 6.00. The van der Waals surface area contributed by atoms with E-state index in [4.69, 9.17) is 9.47 Å². The molecular weight excluding hydrogens is 298 g/mol. The minimum absolute atomic E-state index is 0.554. The lowest BCUT2D eigenvalue weighted by Crippen LogP contribution is -2.00. The zero-order valence-corrected chi connectivity index (χ0v) is 13.8. The summed E-state index contributed by atoms with van der Waals surface area (Å²) in [6.45, 7) is 0.554. The number of aryl methyl sites for hydroxylation is 2. The molecule has 0 unspecified atom stereocenters. The summed E-state index contributed by atoms with van der Waals surface area (Å²) in [6, 6.07) is 20.4. The lowest BCUT2D eigenvalue weighted by molar-refractivity contribution is 0.303. The lowest BCUT2D eigenvalue weighted by Gasteiger charge is -2.12. The fourth-order valence-corrected chi connectivity index (χ4v) is 2.60. The predicted molar refractivity (Wildman–Crippen MR) is 95.4 cm³/mol. The molecular formula is C21H21NO2. The largest absolute Gasteiger partial charge is 0.497 e. The van der Waals surface area contributed by atoms with Crippen molar-refractivity contribution >= 4 is 0 Å². The van der Waals surface area contributed by atoms with Gasteiger partial charge in [0.15, 0.2) is 0 Å². The van der Waals surface area contributed by atoms with Crippen molar-refractivity contribution in [2.75, 3.05) is 7.11 Å². The van der Waals surface area contributed by atoms with Gasteiger partial charge in [0.25, 0.3) is 0 Å². The van der Waals surface area contributed by atoms with E-state index in [1.54, 1.807) is 19.5 Å². The van der Waals surface area contributed by atoms with Crippen LogP contribution in [-0.2, 0) is 19.4 Å². The molecule has 3 nitrogen and oxygen atoms in total. The summed E-state index contributed by atoms with van der Waals surface area (Å²) in [4.78, 5) is 4.03. The van der Waals surface area contributed by atoms with Gasteiger partial charge in [-0.15, -0.1) is 0 Å². The van der Waals surface area contributed by atoms with Gasteiger partial charge in [0, 0.05) is 12.4 Å². The van der Waals surface area contributed by atoms with E-state index in [1.807, 2.05) is 36.4 Å². The predicted octanol–water partition coefficient (Wildman–Crippen LogP) is 4.45. The molecule has 0 aliphatic rings. The second-order valence-corrected chi connectivity index (χ2v) is 5.60. The number of rotatable bonds is 7.